The molecule has 0 amide bonds. The van der Waals surface area contributed by atoms with E-state index in [1.807, 2.05) is 16.3 Å². The summed E-state index contributed by atoms with van der Waals surface area (Å²) in [7, 11) is -2.89. The van der Waals surface area contributed by atoms with Gasteiger partial charge in [-0.3, -0.25) is 4.90 Å². The molecule has 0 radical (unpaired) electrons. The Morgan fingerprint density at radius 3 is 2.89 bits per heavy atom. The van der Waals surface area contributed by atoms with E-state index in [9.17, 15) is 8.42 Å². The van der Waals surface area contributed by atoms with Crippen molar-refractivity contribution in [2.75, 3.05) is 18.1 Å². The van der Waals surface area contributed by atoms with Gasteiger partial charge in [0.2, 0.25) is 0 Å². The molecule has 1 atom stereocenters. The maximum absolute atomic E-state index is 11.5. The van der Waals surface area contributed by atoms with Gasteiger partial charge >= 0.3 is 0 Å². The highest BCUT2D eigenvalue weighted by Gasteiger charge is 2.32. The van der Waals surface area contributed by atoms with Gasteiger partial charge in [-0.2, -0.15) is 0 Å². The Hall–Kier alpha value is -0.540. The molecule has 1 aromatic heterocycles. The molecule has 2 heterocycles. The molecule has 98 valence electrons. The SMILES string of the molecule is C#CCN(Cc1sccc1Cl)C1CCS(=O)(=O)C1. The van der Waals surface area contributed by atoms with Crippen LogP contribution in [-0.2, 0) is 16.4 Å². The van der Waals surface area contributed by atoms with Gasteiger partial charge in [-0.1, -0.05) is 17.5 Å². The summed E-state index contributed by atoms with van der Waals surface area (Å²) >= 11 is 7.63. The van der Waals surface area contributed by atoms with E-state index in [2.05, 4.69) is 5.92 Å². The van der Waals surface area contributed by atoms with Crippen molar-refractivity contribution in [2.45, 2.75) is 19.0 Å². The van der Waals surface area contributed by atoms with Crippen LogP contribution < -0.4 is 0 Å². The van der Waals surface area contributed by atoms with Crippen LogP contribution in [0.5, 0.6) is 0 Å². The lowest BCUT2D eigenvalue weighted by molar-refractivity contribution is 0.232. The van der Waals surface area contributed by atoms with E-state index < -0.39 is 9.84 Å². The second-order valence-corrected chi connectivity index (χ2v) is 7.99. The molecular weight excluding hydrogens is 290 g/mol. The van der Waals surface area contributed by atoms with Gasteiger partial charge in [-0.25, -0.2) is 8.42 Å². The van der Waals surface area contributed by atoms with Crippen molar-refractivity contribution >= 4 is 32.8 Å². The van der Waals surface area contributed by atoms with Gasteiger partial charge in [0.05, 0.1) is 23.1 Å². The Bertz CT molecular complexity index is 559. The Kier molecular flexibility index (Phi) is 4.33. The molecule has 0 saturated carbocycles. The first kappa shape index (κ1) is 13.9. The normalized spacial score (nSPS) is 22.2. The van der Waals surface area contributed by atoms with E-state index >= 15 is 0 Å². The fourth-order valence-electron chi connectivity index (χ4n) is 2.12. The molecule has 0 bridgehead atoms. The van der Waals surface area contributed by atoms with Gasteiger partial charge in [-0.05, 0) is 17.9 Å². The number of hydrogen-bond acceptors (Lipinski definition) is 4. The molecule has 0 aromatic carbocycles. The van der Waals surface area contributed by atoms with Gasteiger partial charge in [0.15, 0.2) is 9.84 Å². The average Bonchev–Trinajstić information content (AvgIpc) is 2.85. The lowest BCUT2D eigenvalue weighted by atomic mass is 10.2. The van der Waals surface area contributed by atoms with Crippen LogP contribution in [0.15, 0.2) is 11.4 Å². The van der Waals surface area contributed by atoms with Gasteiger partial charge in [0, 0.05) is 17.5 Å². The minimum absolute atomic E-state index is 0.0178. The van der Waals surface area contributed by atoms with Crippen molar-refractivity contribution < 1.29 is 8.42 Å². The van der Waals surface area contributed by atoms with E-state index in [1.165, 1.54) is 0 Å². The average molecular weight is 304 g/mol. The molecule has 1 saturated heterocycles. The zero-order valence-corrected chi connectivity index (χ0v) is 12.2. The molecule has 1 unspecified atom stereocenters. The third-order valence-electron chi connectivity index (χ3n) is 3.06. The third-order valence-corrected chi connectivity index (χ3v) is 6.18. The van der Waals surface area contributed by atoms with Crippen LogP contribution in [0, 0.1) is 12.3 Å². The van der Waals surface area contributed by atoms with E-state index in [4.69, 9.17) is 18.0 Å². The first-order valence-corrected chi connectivity index (χ1v) is 8.69. The predicted octanol–water partition coefficient (Wildman–Crippen LogP) is 2.02. The number of nitrogens with zero attached hydrogens (tertiary/aromatic N) is 1. The lowest BCUT2D eigenvalue weighted by Gasteiger charge is -2.25. The second-order valence-electron chi connectivity index (χ2n) is 4.36. The maximum Gasteiger partial charge on any atom is 0.151 e. The first-order chi connectivity index (χ1) is 8.52. The third kappa shape index (κ3) is 3.27. The zero-order chi connectivity index (χ0) is 13.2. The van der Waals surface area contributed by atoms with Crippen molar-refractivity contribution in [3.8, 4) is 12.3 Å². The highest BCUT2D eigenvalue weighted by molar-refractivity contribution is 7.91. The highest BCUT2D eigenvalue weighted by Crippen LogP contribution is 2.26. The van der Waals surface area contributed by atoms with Crippen molar-refractivity contribution in [2.24, 2.45) is 0 Å². The summed E-state index contributed by atoms with van der Waals surface area (Å²) in [5.41, 5.74) is 0. The smallest absolute Gasteiger partial charge is 0.151 e. The molecule has 18 heavy (non-hydrogen) atoms. The summed E-state index contributed by atoms with van der Waals surface area (Å²) in [6.07, 6.45) is 6.02. The minimum atomic E-state index is -2.89. The van der Waals surface area contributed by atoms with Crippen LogP contribution in [0.4, 0.5) is 0 Å². The fraction of sp³-hybridized carbons (Fsp3) is 0.500. The Morgan fingerprint density at radius 1 is 1.61 bits per heavy atom. The zero-order valence-electron chi connectivity index (χ0n) is 9.80. The van der Waals surface area contributed by atoms with E-state index in [-0.39, 0.29) is 17.5 Å². The van der Waals surface area contributed by atoms with E-state index in [1.54, 1.807) is 11.3 Å². The van der Waals surface area contributed by atoms with Crippen molar-refractivity contribution in [3.63, 3.8) is 0 Å². The molecule has 0 aliphatic carbocycles. The van der Waals surface area contributed by atoms with Crippen LogP contribution in [-0.4, -0.2) is 37.4 Å². The minimum Gasteiger partial charge on any atom is -0.283 e. The van der Waals surface area contributed by atoms with Crippen LogP contribution >= 0.6 is 22.9 Å². The van der Waals surface area contributed by atoms with Crippen molar-refractivity contribution in [3.05, 3.63) is 21.3 Å². The molecule has 1 aliphatic heterocycles. The first-order valence-electron chi connectivity index (χ1n) is 5.61. The van der Waals surface area contributed by atoms with Gasteiger partial charge in [0.25, 0.3) is 0 Å². The summed E-state index contributed by atoms with van der Waals surface area (Å²) in [4.78, 5) is 3.07. The van der Waals surface area contributed by atoms with Crippen LogP contribution in [0.2, 0.25) is 5.02 Å². The number of halogens is 1. The summed E-state index contributed by atoms with van der Waals surface area (Å²) in [5, 5.41) is 2.65. The Morgan fingerprint density at radius 2 is 2.39 bits per heavy atom. The van der Waals surface area contributed by atoms with Crippen LogP contribution in [0.25, 0.3) is 0 Å². The fourth-order valence-corrected chi connectivity index (χ4v) is 5.00. The van der Waals surface area contributed by atoms with Gasteiger partial charge < -0.3 is 0 Å². The maximum atomic E-state index is 11.5. The lowest BCUT2D eigenvalue weighted by Crippen LogP contribution is -2.35. The quantitative estimate of drug-likeness (QED) is 0.799. The molecule has 0 spiro atoms. The Labute approximate surface area is 117 Å². The van der Waals surface area contributed by atoms with Crippen molar-refractivity contribution in [1.29, 1.82) is 0 Å². The van der Waals surface area contributed by atoms with Gasteiger partial charge in [0.1, 0.15) is 0 Å². The molecule has 2 rings (SSSR count). The number of thiophene rings is 1. The van der Waals surface area contributed by atoms with E-state index in [0.717, 1.165) is 9.90 Å². The number of terminal acetylenes is 1. The summed E-state index contributed by atoms with van der Waals surface area (Å²) in [5.74, 6) is 3.06. The van der Waals surface area contributed by atoms with Crippen molar-refractivity contribution in [1.82, 2.24) is 4.90 Å². The summed E-state index contributed by atoms with van der Waals surface area (Å²) < 4.78 is 23.0. The molecule has 1 aliphatic rings. The van der Waals surface area contributed by atoms with E-state index in [0.29, 0.717) is 19.5 Å². The predicted molar refractivity (Wildman–Crippen MR) is 75.6 cm³/mol. The summed E-state index contributed by atoms with van der Waals surface area (Å²) in [6, 6.07) is 1.87. The second kappa shape index (κ2) is 5.62. The monoisotopic (exact) mass is 303 g/mol. The highest BCUT2D eigenvalue weighted by atomic mass is 35.5. The molecule has 1 aromatic rings. The molecular formula is C12H14ClNO2S2. The van der Waals surface area contributed by atoms with Crippen LogP contribution in [0.1, 0.15) is 11.3 Å². The summed E-state index contributed by atoms with van der Waals surface area (Å²) in [6.45, 7) is 1.08. The van der Waals surface area contributed by atoms with Gasteiger partial charge in [-0.15, -0.1) is 17.8 Å². The standard InChI is InChI=1S/C12H14ClNO2S2/c1-2-5-14(8-12-11(13)3-6-17-12)10-4-7-18(15,16)9-10/h1,3,6,10H,4-5,7-9H2. The number of hydrogen-bond donors (Lipinski definition) is 0. The number of sulfone groups is 1. The van der Waals surface area contributed by atoms with Crippen LogP contribution in [0.3, 0.4) is 0 Å². The molecule has 6 heteroatoms. The molecule has 0 N–H and O–H groups in total. The topological polar surface area (TPSA) is 37.4 Å². The molecule has 1 fully saturated rings. The Balaban J connectivity index is 2.10. The molecule has 3 nitrogen and oxygen atoms in total. The largest absolute Gasteiger partial charge is 0.283 e. The number of rotatable bonds is 4.